The summed E-state index contributed by atoms with van der Waals surface area (Å²) in [7, 11) is 0. The van der Waals surface area contributed by atoms with Gasteiger partial charge in [-0.2, -0.15) is 0 Å². The molecule has 0 saturated heterocycles. The van der Waals surface area contributed by atoms with Crippen LogP contribution in [0.3, 0.4) is 0 Å². The van der Waals surface area contributed by atoms with Gasteiger partial charge in [-0.3, -0.25) is 0 Å². The predicted molar refractivity (Wildman–Crippen MR) is 297 cm³/mol. The maximum absolute atomic E-state index is 7.13. The highest BCUT2D eigenvalue weighted by molar-refractivity contribution is 6.23. The van der Waals surface area contributed by atoms with E-state index >= 15 is 0 Å². The van der Waals surface area contributed by atoms with Crippen molar-refractivity contribution >= 4 is 87.0 Å². The van der Waals surface area contributed by atoms with Gasteiger partial charge in [-0.15, -0.1) is 0 Å². The lowest BCUT2D eigenvalue weighted by atomic mass is 9.88. The fourth-order valence-electron chi connectivity index (χ4n) is 11.1. The van der Waals surface area contributed by atoms with Crippen LogP contribution in [0.1, 0.15) is 0 Å². The Morgan fingerprint density at radius 3 is 1.56 bits per heavy atom. The van der Waals surface area contributed by atoms with Crippen molar-refractivity contribution in [2.75, 3.05) is 0 Å². The Hall–Kier alpha value is -9.71. The summed E-state index contributed by atoms with van der Waals surface area (Å²) in [5.74, 6) is 1.76. The Labute approximate surface area is 412 Å². The molecule has 0 saturated carbocycles. The number of furan rings is 2. The minimum atomic E-state index is 0.582. The summed E-state index contributed by atoms with van der Waals surface area (Å²) in [5.41, 5.74) is 12.7. The second kappa shape index (κ2) is 15.9. The lowest BCUT2D eigenvalue weighted by Crippen LogP contribution is -2.01. The lowest BCUT2D eigenvalue weighted by molar-refractivity contribution is 0.669. The number of hydrogen-bond acceptors (Lipinski definition) is 5. The van der Waals surface area contributed by atoms with Gasteiger partial charge in [0.05, 0.1) is 0 Å². The van der Waals surface area contributed by atoms with Crippen molar-refractivity contribution in [3.8, 4) is 67.5 Å². The van der Waals surface area contributed by atoms with Crippen LogP contribution in [0.15, 0.2) is 245 Å². The van der Waals surface area contributed by atoms with Gasteiger partial charge in [0.15, 0.2) is 17.5 Å². The molecule has 0 radical (unpaired) electrons. The first-order valence-corrected chi connectivity index (χ1v) is 24.3. The van der Waals surface area contributed by atoms with Gasteiger partial charge in [0.25, 0.3) is 0 Å². The van der Waals surface area contributed by atoms with Crippen LogP contribution in [0.4, 0.5) is 0 Å². The number of fused-ring (bicyclic) bond motifs is 11. The van der Waals surface area contributed by atoms with Crippen molar-refractivity contribution in [1.82, 2.24) is 15.0 Å². The van der Waals surface area contributed by atoms with Crippen LogP contribution in [0.5, 0.6) is 0 Å². The molecule has 5 heteroatoms. The summed E-state index contributed by atoms with van der Waals surface area (Å²) >= 11 is 0. The zero-order valence-electron chi connectivity index (χ0n) is 38.7. The first-order chi connectivity index (χ1) is 35.7. The average molecular weight is 918 g/mol. The molecule has 15 rings (SSSR count). The summed E-state index contributed by atoms with van der Waals surface area (Å²) in [6, 6.07) is 83.5. The minimum Gasteiger partial charge on any atom is -0.456 e. The van der Waals surface area contributed by atoms with E-state index in [2.05, 4.69) is 200 Å². The zero-order chi connectivity index (χ0) is 47.3. The molecule has 0 aliphatic rings. The fourth-order valence-corrected chi connectivity index (χ4v) is 11.1. The zero-order valence-corrected chi connectivity index (χ0v) is 38.7. The molecule has 0 N–H and O–H groups in total. The van der Waals surface area contributed by atoms with Crippen LogP contribution in [0, 0.1) is 0 Å². The topological polar surface area (TPSA) is 65.0 Å². The van der Waals surface area contributed by atoms with Crippen LogP contribution < -0.4 is 0 Å². The van der Waals surface area contributed by atoms with E-state index in [0.717, 1.165) is 115 Å². The molecule has 0 aliphatic carbocycles. The molecule has 3 aromatic heterocycles. The van der Waals surface area contributed by atoms with E-state index in [4.69, 9.17) is 23.8 Å². The van der Waals surface area contributed by atoms with Crippen molar-refractivity contribution in [3.05, 3.63) is 237 Å². The largest absolute Gasteiger partial charge is 0.456 e. The molecule has 0 fully saturated rings. The molecule has 72 heavy (non-hydrogen) atoms. The van der Waals surface area contributed by atoms with Gasteiger partial charge < -0.3 is 8.83 Å². The predicted octanol–water partition coefficient (Wildman–Crippen LogP) is 18.3. The van der Waals surface area contributed by atoms with Crippen LogP contribution in [-0.4, -0.2) is 15.0 Å². The second-order valence-electron chi connectivity index (χ2n) is 18.6. The number of benzene rings is 12. The quantitative estimate of drug-likeness (QED) is 0.156. The third kappa shape index (κ3) is 6.38. The summed E-state index contributed by atoms with van der Waals surface area (Å²) in [4.78, 5) is 15.8. The van der Waals surface area contributed by atoms with E-state index in [0.29, 0.717) is 17.5 Å². The van der Waals surface area contributed by atoms with Crippen molar-refractivity contribution in [2.24, 2.45) is 0 Å². The van der Waals surface area contributed by atoms with Gasteiger partial charge in [0.1, 0.15) is 22.3 Å². The van der Waals surface area contributed by atoms with E-state index in [1.54, 1.807) is 0 Å². The third-order valence-electron chi connectivity index (χ3n) is 14.5. The van der Waals surface area contributed by atoms with E-state index in [1.807, 2.05) is 36.4 Å². The highest BCUT2D eigenvalue weighted by Crippen LogP contribution is 2.47. The molecule has 0 amide bonds. The Bertz CT molecular complexity index is 4680. The maximum atomic E-state index is 7.13. The van der Waals surface area contributed by atoms with Gasteiger partial charge >= 0.3 is 0 Å². The smallest absolute Gasteiger partial charge is 0.164 e. The summed E-state index contributed by atoms with van der Waals surface area (Å²) in [6.07, 6.45) is 0. The molecule has 15 aromatic rings. The average Bonchev–Trinajstić information content (AvgIpc) is 4.02. The minimum absolute atomic E-state index is 0.582. The van der Waals surface area contributed by atoms with Gasteiger partial charge in [0.2, 0.25) is 0 Å². The highest BCUT2D eigenvalue weighted by atomic mass is 16.3. The van der Waals surface area contributed by atoms with Crippen LogP contribution in [0.2, 0.25) is 0 Å². The van der Waals surface area contributed by atoms with Crippen LogP contribution >= 0.6 is 0 Å². The molecule has 0 bridgehead atoms. The highest BCUT2D eigenvalue weighted by Gasteiger charge is 2.23. The Kier molecular flexibility index (Phi) is 8.89. The van der Waals surface area contributed by atoms with E-state index in [9.17, 15) is 0 Å². The van der Waals surface area contributed by atoms with Gasteiger partial charge in [-0.25, -0.2) is 15.0 Å². The van der Waals surface area contributed by atoms with E-state index < -0.39 is 0 Å². The van der Waals surface area contributed by atoms with Crippen LogP contribution in [0.25, 0.3) is 155 Å². The van der Waals surface area contributed by atoms with E-state index in [-0.39, 0.29) is 0 Å². The first-order valence-electron chi connectivity index (χ1n) is 24.3. The number of aromatic nitrogens is 3. The van der Waals surface area contributed by atoms with Gasteiger partial charge in [-0.1, -0.05) is 182 Å². The molecule has 334 valence electrons. The van der Waals surface area contributed by atoms with Crippen molar-refractivity contribution < 1.29 is 8.83 Å². The summed E-state index contributed by atoms with van der Waals surface area (Å²) in [6.45, 7) is 0. The first kappa shape index (κ1) is 40.2. The van der Waals surface area contributed by atoms with Crippen molar-refractivity contribution in [3.63, 3.8) is 0 Å². The van der Waals surface area contributed by atoms with Crippen molar-refractivity contribution in [1.29, 1.82) is 0 Å². The lowest BCUT2D eigenvalue weighted by Gasteiger charge is -2.15. The molecule has 0 unspecified atom stereocenters. The molecular formula is C67H39N3O2. The standard InChI is InChI=1S/C67H39N3O2/c1-2-14-40(15-3-1)41-26-28-42(29-27-41)65-68-66(46-30-35-61-58(38-46)53-24-12-13-25-60(53)71-61)70-67(69-65)56-34-31-52(49-21-9-10-22-50(49)56)54-32-33-55(57-37-45-18-6-7-19-47(45)48-20-8-11-23-51(48)57)64-63(54)59-36-43-16-4-5-17-44(43)39-62(59)72-64/h1-39H. The number of nitrogens with zero attached hydrogens (tertiary/aromatic N) is 3. The number of hydrogen-bond donors (Lipinski definition) is 0. The number of para-hydroxylation sites is 1. The Morgan fingerprint density at radius 1 is 0.236 bits per heavy atom. The molecule has 5 nitrogen and oxygen atoms in total. The van der Waals surface area contributed by atoms with Crippen molar-refractivity contribution in [2.45, 2.75) is 0 Å². The molecular weight excluding hydrogens is 879 g/mol. The number of rotatable bonds is 6. The summed E-state index contributed by atoms with van der Waals surface area (Å²) in [5, 5.41) is 13.5. The van der Waals surface area contributed by atoms with Crippen LogP contribution in [-0.2, 0) is 0 Å². The van der Waals surface area contributed by atoms with E-state index in [1.165, 1.54) is 21.5 Å². The Balaban J connectivity index is 0.947. The second-order valence-corrected chi connectivity index (χ2v) is 18.6. The van der Waals surface area contributed by atoms with Gasteiger partial charge in [-0.05, 0) is 126 Å². The van der Waals surface area contributed by atoms with Gasteiger partial charge in [0, 0.05) is 43.8 Å². The monoisotopic (exact) mass is 917 g/mol. The normalized spacial score (nSPS) is 11.9. The summed E-state index contributed by atoms with van der Waals surface area (Å²) < 4.78 is 13.4. The third-order valence-corrected chi connectivity index (χ3v) is 14.5. The molecule has 0 atom stereocenters. The maximum Gasteiger partial charge on any atom is 0.164 e. The molecule has 12 aromatic carbocycles. The molecule has 3 heterocycles. The fraction of sp³-hybridized carbons (Fsp3) is 0. The molecule has 0 spiro atoms. The SMILES string of the molecule is c1ccc(-c2ccc(-c3nc(-c4ccc5oc6ccccc6c5c4)nc(-c4ccc(-c5ccc(-c6cc7ccccc7c7ccccc67)c6oc7cc8ccccc8cc7c56)c5ccccc45)n3)cc2)cc1. The Morgan fingerprint density at radius 2 is 0.764 bits per heavy atom. The molecule has 0 aliphatic heterocycles.